The summed E-state index contributed by atoms with van der Waals surface area (Å²) in [5.74, 6) is -0.594. The lowest BCUT2D eigenvalue weighted by Crippen LogP contribution is -2.30. The van der Waals surface area contributed by atoms with Crippen LogP contribution in [0.3, 0.4) is 0 Å². The van der Waals surface area contributed by atoms with Crippen LogP contribution in [0.2, 0.25) is 5.02 Å². The predicted octanol–water partition coefficient (Wildman–Crippen LogP) is 4.69. The molecule has 2 aromatic heterocycles. The molecule has 1 amide bonds. The van der Waals surface area contributed by atoms with Crippen LogP contribution in [0.1, 0.15) is 22.2 Å². The molecule has 1 atom stereocenters. The van der Waals surface area contributed by atoms with Crippen molar-refractivity contribution >= 4 is 40.5 Å². The van der Waals surface area contributed by atoms with E-state index >= 15 is 0 Å². The number of nitrogens with zero attached hydrogens (tertiary/aromatic N) is 1. The minimum absolute atomic E-state index is 0.427. The first-order valence-corrected chi connectivity index (χ1v) is 9.73. The standard InChI is InChI=1S/C20H19ClN2O4S/c1-12-10-15(17(26-3)11-14(12)21)22-19(24)13(2)27-20(25)18-16(6-9-28-18)23-7-4-5-8-23/h4-11,13H,1-3H3,(H,22,24). The first-order chi connectivity index (χ1) is 13.4. The topological polar surface area (TPSA) is 69.6 Å². The third-order valence-corrected chi connectivity index (χ3v) is 5.39. The summed E-state index contributed by atoms with van der Waals surface area (Å²) in [7, 11) is 1.49. The Labute approximate surface area is 171 Å². The van der Waals surface area contributed by atoms with E-state index < -0.39 is 18.0 Å². The fourth-order valence-electron chi connectivity index (χ4n) is 2.59. The van der Waals surface area contributed by atoms with E-state index in [0.717, 1.165) is 5.56 Å². The van der Waals surface area contributed by atoms with E-state index in [-0.39, 0.29) is 0 Å². The van der Waals surface area contributed by atoms with E-state index in [0.29, 0.717) is 27.0 Å². The van der Waals surface area contributed by atoms with Crippen LogP contribution in [0, 0.1) is 6.92 Å². The van der Waals surface area contributed by atoms with E-state index in [2.05, 4.69) is 5.32 Å². The van der Waals surface area contributed by atoms with E-state index in [1.807, 2.05) is 42.1 Å². The molecule has 146 valence electrons. The molecule has 0 saturated carbocycles. The van der Waals surface area contributed by atoms with E-state index in [1.54, 1.807) is 17.5 Å². The number of thiophene rings is 1. The molecule has 3 rings (SSSR count). The fourth-order valence-corrected chi connectivity index (χ4v) is 3.51. The van der Waals surface area contributed by atoms with Gasteiger partial charge in [-0.15, -0.1) is 11.3 Å². The van der Waals surface area contributed by atoms with Crippen molar-refractivity contribution in [3.8, 4) is 11.4 Å². The Hall–Kier alpha value is -2.77. The van der Waals surface area contributed by atoms with Gasteiger partial charge >= 0.3 is 5.97 Å². The molecular formula is C20H19ClN2O4S. The first-order valence-electron chi connectivity index (χ1n) is 8.47. The van der Waals surface area contributed by atoms with Gasteiger partial charge in [0.15, 0.2) is 6.10 Å². The molecule has 1 aromatic carbocycles. The molecule has 0 radical (unpaired) electrons. The summed E-state index contributed by atoms with van der Waals surface area (Å²) in [4.78, 5) is 25.5. The number of aromatic nitrogens is 1. The van der Waals surface area contributed by atoms with Crippen LogP contribution in [0.15, 0.2) is 48.1 Å². The van der Waals surface area contributed by atoms with Gasteiger partial charge in [-0.05, 0) is 49.1 Å². The average Bonchev–Trinajstić information content (AvgIpc) is 3.35. The summed E-state index contributed by atoms with van der Waals surface area (Å²) in [5, 5.41) is 5.06. The Morgan fingerprint density at radius 1 is 1.25 bits per heavy atom. The van der Waals surface area contributed by atoms with Gasteiger partial charge in [0.25, 0.3) is 5.91 Å². The second kappa shape index (κ2) is 8.50. The summed E-state index contributed by atoms with van der Waals surface area (Å²) in [6.45, 7) is 3.34. The van der Waals surface area contributed by atoms with Crippen LogP contribution in [0.5, 0.6) is 5.75 Å². The number of esters is 1. The fraction of sp³-hybridized carbons (Fsp3) is 0.200. The van der Waals surface area contributed by atoms with E-state index in [1.165, 1.54) is 25.4 Å². The highest BCUT2D eigenvalue weighted by molar-refractivity contribution is 7.12. The number of amides is 1. The number of anilines is 1. The molecule has 3 aromatic rings. The lowest BCUT2D eigenvalue weighted by molar-refractivity contribution is -0.123. The Balaban J connectivity index is 1.71. The number of carbonyl (C=O) groups is 2. The molecule has 0 fully saturated rings. The maximum absolute atomic E-state index is 12.6. The molecule has 6 nitrogen and oxygen atoms in total. The molecule has 28 heavy (non-hydrogen) atoms. The van der Waals surface area contributed by atoms with E-state index in [9.17, 15) is 9.59 Å². The molecule has 1 N–H and O–H groups in total. The van der Waals surface area contributed by atoms with Gasteiger partial charge in [0.1, 0.15) is 10.6 Å². The second-order valence-corrected chi connectivity index (χ2v) is 7.39. The van der Waals surface area contributed by atoms with Crippen LogP contribution >= 0.6 is 22.9 Å². The number of benzene rings is 1. The number of halogens is 1. The van der Waals surface area contributed by atoms with Gasteiger partial charge in [-0.3, -0.25) is 4.79 Å². The van der Waals surface area contributed by atoms with Crippen molar-refractivity contribution in [2.45, 2.75) is 20.0 Å². The SMILES string of the molecule is COc1cc(Cl)c(C)cc1NC(=O)C(C)OC(=O)c1sccc1-n1cccc1. The number of aryl methyl sites for hydroxylation is 1. The third-order valence-electron chi connectivity index (χ3n) is 4.10. The minimum Gasteiger partial charge on any atom is -0.495 e. The number of carbonyl (C=O) groups excluding carboxylic acids is 2. The van der Waals surface area contributed by atoms with Crippen molar-refractivity contribution in [2.75, 3.05) is 12.4 Å². The van der Waals surface area contributed by atoms with Gasteiger partial charge in [-0.25, -0.2) is 4.79 Å². The smallest absolute Gasteiger partial charge is 0.351 e. The van der Waals surface area contributed by atoms with Crippen molar-refractivity contribution in [3.05, 3.63) is 63.6 Å². The predicted molar refractivity (Wildman–Crippen MR) is 110 cm³/mol. The van der Waals surface area contributed by atoms with Crippen LogP contribution in [0.25, 0.3) is 5.69 Å². The van der Waals surface area contributed by atoms with Gasteiger partial charge in [-0.2, -0.15) is 0 Å². The van der Waals surface area contributed by atoms with Crippen LogP contribution < -0.4 is 10.1 Å². The summed E-state index contributed by atoms with van der Waals surface area (Å²) in [5.41, 5.74) is 1.96. The van der Waals surface area contributed by atoms with Crippen LogP contribution in [0.4, 0.5) is 5.69 Å². The molecule has 0 spiro atoms. The monoisotopic (exact) mass is 418 g/mol. The van der Waals surface area contributed by atoms with Gasteiger partial charge in [0.05, 0.1) is 18.5 Å². The van der Waals surface area contributed by atoms with Crippen molar-refractivity contribution in [1.29, 1.82) is 0 Å². The highest BCUT2D eigenvalue weighted by Gasteiger charge is 2.23. The lowest BCUT2D eigenvalue weighted by Gasteiger charge is -2.16. The zero-order valence-corrected chi connectivity index (χ0v) is 17.1. The number of hydrogen-bond donors (Lipinski definition) is 1. The Bertz CT molecular complexity index is 998. The minimum atomic E-state index is -0.993. The summed E-state index contributed by atoms with van der Waals surface area (Å²) >= 11 is 7.35. The maximum atomic E-state index is 12.6. The number of ether oxygens (including phenoxy) is 2. The summed E-state index contributed by atoms with van der Waals surface area (Å²) in [6, 6.07) is 8.89. The van der Waals surface area contributed by atoms with Gasteiger partial charge in [0, 0.05) is 23.5 Å². The molecular weight excluding hydrogens is 400 g/mol. The third kappa shape index (κ3) is 4.21. The molecule has 2 heterocycles. The summed E-state index contributed by atoms with van der Waals surface area (Å²) in [6.07, 6.45) is 2.68. The highest BCUT2D eigenvalue weighted by Crippen LogP contribution is 2.31. The Morgan fingerprint density at radius 3 is 2.64 bits per heavy atom. The van der Waals surface area contributed by atoms with Crippen LogP contribution in [-0.2, 0) is 9.53 Å². The molecule has 0 bridgehead atoms. The number of rotatable bonds is 6. The van der Waals surface area contributed by atoms with Gasteiger partial charge in [-0.1, -0.05) is 11.6 Å². The zero-order chi connectivity index (χ0) is 20.3. The number of hydrogen-bond acceptors (Lipinski definition) is 5. The van der Waals surface area contributed by atoms with Crippen molar-refractivity contribution < 1.29 is 19.1 Å². The molecule has 0 aliphatic heterocycles. The first kappa shape index (κ1) is 20.0. The number of methoxy groups -OCH3 is 1. The molecule has 0 aliphatic rings. The van der Waals surface area contributed by atoms with Gasteiger partial charge < -0.3 is 19.4 Å². The highest BCUT2D eigenvalue weighted by atomic mass is 35.5. The molecule has 1 unspecified atom stereocenters. The van der Waals surface area contributed by atoms with E-state index in [4.69, 9.17) is 21.1 Å². The quantitative estimate of drug-likeness (QED) is 0.589. The normalized spacial score (nSPS) is 11.7. The Kier molecular flexibility index (Phi) is 6.06. The molecule has 0 aliphatic carbocycles. The lowest BCUT2D eigenvalue weighted by atomic mass is 10.2. The van der Waals surface area contributed by atoms with Crippen molar-refractivity contribution in [3.63, 3.8) is 0 Å². The second-order valence-electron chi connectivity index (χ2n) is 6.06. The maximum Gasteiger partial charge on any atom is 0.351 e. The van der Waals surface area contributed by atoms with Crippen LogP contribution in [-0.4, -0.2) is 29.7 Å². The zero-order valence-electron chi connectivity index (χ0n) is 15.6. The van der Waals surface area contributed by atoms with Crippen molar-refractivity contribution in [2.24, 2.45) is 0 Å². The Morgan fingerprint density at radius 2 is 1.96 bits per heavy atom. The average molecular weight is 419 g/mol. The van der Waals surface area contributed by atoms with Crippen molar-refractivity contribution in [1.82, 2.24) is 4.57 Å². The largest absolute Gasteiger partial charge is 0.495 e. The van der Waals surface area contributed by atoms with Gasteiger partial charge in [0.2, 0.25) is 0 Å². The number of nitrogens with one attached hydrogen (secondary N) is 1. The molecule has 0 saturated heterocycles. The molecule has 8 heteroatoms. The summed E-state index contributed by atoms with van der Waals surface area (Å²) < 4.78 is 12.4.